The van der Waals surface area contributed by atoms with E-state index in [0.29, 0.717) is 0 Å². The molecule has 3 aromatic heterocycles. The number of furan rings is 1. The Bertz CT molecular complexity index is 3920. The summed E-state index contributed by atoms with van der Waals surface area (Å²) >= 11 is 1.96. The van der Waals surface area contributed by atoms with Crippen molar-refractivity contribution in [3.63, 3.8) is 0 Å². The molecule has 1 aliphatic carbocycles. The molecule has 0 radical (unpaired) electrons. The second-order valence-corrected chi connectivity index (χ2v) is 22.8. The Kier molecular flexibility index (Phi) is 7.43. The Morgan fingerprint density at radius 1 is 0.576 bits per heavy atom. The second kappa shape index (κ2) is 12.7. The van der Waals surface area contributed by atoms with Crippen molar-refractivity contribution in [3.8, 4) is 39.1 Å². The summed E-state index contributed by atoms with van der Waals surface area (Å²) in [6.07, 6.45) is 1.97. The summed E-state index contributed by atoms with van der Waals surface area (Å²) < 4.78 is 12.0. The Morgan fingerprint density at radius 3 is 2.09 bits per heavy atom. The number of fused-ring (bicyclic) bond motifs is 17. The molecule has 0 saturated carbocycles. The zero-order valence-electron chi connectivity index (χ0n) is 38.7. The van der Waals surface area contributed by atoms with E-state index < -0.39 is 0 Å². The van der Waals surface area contributed by atoms with Gasteiger partial charge in [-0.3, -0.25) is 0 Å². The summed E-state index contributed by atoms with van der Waals surface area (Å²) in [4.78, 5) is 2.71. The van der Waals surface area contributed by atoms with Crippen molar-refractivity contribution in [2.45, 2.75) is 71.6 Å². The van der Waals surface area contributed by atoms with E-state index in [9.17, 15) is 0 Å². The van der Waals surface area contributed by atoms with Crippen LogP contribution < -0.4 is 15.7 Å². The van der Waals surface area contributed by atoms with Crippen LogP contribution in [-0.4, -0.2) is 11.4 Å². The fraction of sp³-hybridized carbons (Fsp3) is 0.180. The van der Waals surface area contributed by atoms with Gasteiger partial charge in [0.1, 0.15) is 5.58 Å². The molecule has 0 spiro atoms. The number of benzene rings is 8. The third kappa shape index (κ3) is 4.94. The molecule has 318 valence electrons. The van der Waals surface area contributed by atoms with Gasteiger partial charge >= 0.3 is 6.85 Å². The van der Waals surface area contributed by atoms with Crippen LogP contribution >= 0.6 is 11.3 Å². The Labute approximate surface area is 390 Å². The average Bonchev–Trinajstić information content (AvgIpc) is 4.06. The molecule has 0 amide bonds. The summed E-state index contributed by atoms with van der Waals surface area (Å²) in [6, 6.07) is 55.7. The van der Waals surface area contributed by atoms with Gasteiger partial charge in [0.15, 0.2) is 0 Å². The van der Waals surface area contributed by atoms with Crippen LogP contribution in [0, 0.1) is 0 Å². The molecular formula is C61H49BN2OS. The van der Waals surface area contributed by atoms with Crippen LogP contribution in [-0.2, 0) is 16.2 Å². The third-order valence-corrected chi connectivity index (χ3v) is 16.7. The van der Waals surface area contributed by atoms with Crippen molar-refractivity contribution in [1.82, 2.24) is 4.57 Å². The highest BCUT2D eigenvalue weighted by Gasteiger charge is 2.48. The lowest BCUT2D eigenvalue weighted by Crippen LogP contribution is -2.60. The summed E-state index contributed by atoms with van der Waals surface area (Å²) in [5, 5.41) is 6.49. The van der Waals surface area contributed by atoms with E-state index in [1.54, 1.807) is 0 Å². The number of hydrogen-bond acceptors (Lipinski definition) is 3. The Hall–Kier alpha value is -6.82. The molecule has 0 bridgehead atoms. The summed E-state index contributed by atoms with van der Waals surface area (Å²) in [6.45, 7) is 18.6. The van der Waals surface area contributed by atoms with Gasteiger partial charge in [0.2, 0.25) is 0 Å². The smallest absolute Gasteiger partial charge is 0.333 e. The van der Waals surface area contributed by atoms with Crippen molar-refractivity contribution in [1.29, 1.82) is 0 Å². The largest absolute Gasteiger partial charge is 0.464 e. The van der Waals surface area contributed by atoms with E-state index in [4.69, 9.17) is 4.42 Å². The summed E-state index contributed by atoms with van der Waals surface area (Å²) in [5.74, 6) is 0. The molecule has 0 atom stereocenters. The third-order valence-electron chi connectivity index (χ3n) is 15.5. The molecule has 3 aliphatic rings. The number of thiophene rings is 1. The second-order valence-electron chi connectivity index (χ2n) is 21.7. The van der Waals surface area contributed by atoms with Crippen molar-refractivity contribution < 1.29 is 4.42 Å². The molecule has 0 fully saturated rings. The molecule has 8 aromatic carbocycles. The van der Waals surface area contributed by atoms with Crippen LogP contribution in [0.4, 0.5) is 11.4 Å². The number of aromatic nitrogens is 1. The van der Waals surface area contributed by atoms with Gasteiger partial charge in [-0.15, -0.1) is 11.3 Å². The molecule has 5 heterocycles. The fourth-order valence-corrected chi connectivity index (χ4v) is 13.5. The van der Waals surface area contributed by atoms with Crippen molar-refractivity contribution in [2.24, 2.45) is 0 Å². The maximum atomic E-state index is 6.67. The molecule has 66 heavy (non-hydrogen) atoms. The van der Waals surface area contributed by atoms with Gasteiger partial charge in [-0.05, 0) is 121 Å². The molecular weight excluding hydrogens is 820 g/mol. The number of nitrogens with zero attached hydrogens (tertiary/aromatic N) is 2. The van der Waals surface area contributed by atoms with Gasteiger partial charge in [0, 0.05) is 69.9 Å². The van der Waals surface area contributed by atoms with Crippen molar-refractivity contribution in [3.05, 3.63) is 174 Å². The molecule has 0 saturated heterocycles. The molecule has 14 rings (SSSR count). The number of rotatable bonds is 2. The van der Waals surface area contributed by atoms with Crippen LogP contribution in [0.5, 0.6) is 0 Å². The lowest BCUT2D eigenvalue weighted by Gasteiger charge is -2.43. The highest BCUT2D eigenvalue weighted by atomic mass is 32.1. The lowest BCUT2D eigenvalue weighted by molar-refractivity contribution is 0.590. The normalized spacial score (nSPS) is 14.7. The van der Waals surface area contributed by atoms with Crippen LogP contribution in [0.25, 0.3) is 92.0 Å². The Balaban J connectivity index is 1.22. The molecule has 5 heteroatoms. The fourth-order valence-electron chi connectivity index (χ4n) is 12.2. The predicted octanol–water partition coefficient (Wildman–Crippen LogP) is 15.7. The van der Waals surface area contributed by atoms with Crippen LogP contribution in [0.2, 0.25) is 0 Å². The minimum absolute atomic E-state index is 0.0188. The quantitative estimate of drug-likeness (QED) is 0.161. The maximum absolute atomic E-state index is 6.67. The molecule has 0 unspecified atom stereocenters. The monoisotopic (exact) mass is 868 g/mol. The molecule has 2 aliphatic heterocycles. The number of hydrogen-bond donors (Lipinski definition) is 0. The SMILES string of the molecule is CC(C)(C)c1ccc(N2B3c4cc5occ(-c6ccccc6)c5cc4-n4c5ccc(C(C)(C)C)cc5c5c6sc7ccccc7c6c(c3c54)-c3cc4c(cc32)C(C)(C)c2ccccc2-4)cc1. The van der Waals surface area contributed by atoms with E-state index in [2.05, 4.69) is 210 Å². The van der Waals surface area contributed by atoms with Crippen LogP contribution in [0.1, 0.15) is 77.6 Å². The Morgan fingerprint density at radius 2 is 1.30 bits per heavy atom. The summed E-state index contributed by atoms with van der Waals surface area (Å²) in [5.41, 5.74) is 22.6. The van der Waals surface area contributed by atoms with E-state index in [-0.39, 0.29) is 23.1 Å². The minimum atomic E-state index is -0.173. The molecule has 3 nitrogen and oxygen atoms in total. The highest BCUT2D eigenvalue weighted by Crippen LogP contribution is 2.57. The van der Waals surface area contributed by atoms with Gasteiger partial charge in [0.25, 0.3) is 0 Å². The first kappa shape index (κ1) is 38.5. The minimum Gasteiger partial charge on any atom is -0.464 e. The average molecular weight is 869 g/mol. The summed E-state index contributed by atoms with van der Waals surface area (Å²) in [7, 11) is 0. The molecule has 11 aromatic rings. The first-order chi connectivity index (χ1) is 31.8. The highest BCUT2D eigenvalue weighted by molar-refractivity contribution is 7.27. The van der Waals surface area contributed by atoms with E-state index in [1.807, 2.05) is 17.6 Å². The van der Waals surface area contributed by atoms with Gasteiger partial charge in [-0.25, -0.2) is 0 Å². The van der Waals surface area contributed by atoms with Gasteiger partial charge in [0.05, 0.1) is 17.3 Å². The van der Waals surface area contributed by atoms with Gasteiger partial charge in [-0.2, -0.15) is 0 Å². The molecule has 0 N–H and O–H groups in total. The van der Waals surface area contributed by atoms with E-state index >= 15 is 0 Å². The zero-order valence-corrected chi connectivity index (χ0v) is 39.5. The van der Waals surface area contributed by atoms with Crippen LogP contribution in [0.3, 0.4) is 0 Å². The zero-order chi connectivity index (χ0) is 44.8. The first-order valence-electron chi connectivity index (χ1n) is 23.5. The standard InChI is InChI=1S/C61H49BN2OS/c1-59(2,3)35-22-25-37(26-23-35)64-49-31-46-40(38-18-12-14-20-45(38)61(46,7)8)29-43(49)53-54-39-19-13-15-21-52(39)66-58(54)55-42-28-36(60(4,5)6)24-27-48(42)63-50-30-41-44(34-16-10-9-11-17-34)33-65-51(41)32-47(50)62(64)56(53)57(55)63/h9-33H,1-8H3. The first-order valence-corrected chi connectivity index (χ1v) is 24.3. The predicted molar refractivity (Wildman–Crippen MR) is 283 cm³/mol. The number of anilines is 2. The van der Waals surface area contributed by atoms with E-state index in [0.717, 1.165) is 22.1 Å². The van der Waals surface area contributed by atoms with Gasteiger partial charge < -0.3 is 13.8 Å². The van der Waals surface area contributed by atoms with Crippen molar-refractivity contribution in [2.75, 3.05) is 4.81 Å². The van der Waals surface area contributed by atoms with Crippen molar-refractivity contribution >= 4 is 93.4 Å². The topological polar surface area (TPSA) is 21.3 Å². The van der Waals surface area contributed by atoms with E-state index in [1.165, 1.54) is 114 Å². The maximum Gasteiger partial charge on any atom is 0.333 e. The van der Waals surface area contributed by atoms with Crippen LogP contribution in [0.15, 0.2) is 156 Å². The van der Waals surface area contributed by atoms with Gasteiger partial charge in [-0.1, -0.05) is 146 Å². The lowest BCUT2D eigenvalue weighted by atomic mass is 9.43.